The van der Waals surface area contributed by atoms with Gasteiger partial charge in [-0.05, 0) is 19.1 Å². The highest BCUT2D eigenvalue weighted by molar-refractivity contribution is 7.66. The second kappa shape index (κ2) is 25.2. The number of hydrogen-bond acceptors (Lipinski definition) is 29. The number of fused-ring (bicyclic) bond motifs is 3. The van der Waals surface area contributed by atoms with Crippen molar-refractivity contribution in [3.8, 4) is 0 Å². The fourth-order valence-corrected chi connectivity index (χ4v) is 14.4. The van der Waals surface area contributed by atoms with E-state index in [0.29, 0.717) is 0 Å². The topological polar surface area (TPSA) is 568 Å². The Morgan fingerprint density at radius 1 is 0.708 bits per heavy atom. The molecule has 3 saturated heterocycles. The Morgan fingerprint density at radius 3 is 1.96 bits per heavy atom. The van der Waals surface area contributed by atoms with Crippen LogP contribution in [0.4, 0.5) is 17.7 Å². The Morgan fingerprint density at radius 2 is 1.31 bits per heavy atom. The number of rotatable bonds is 23. The number of carbonyl (C=O) groups excluding carboxylic acids is 2. The lowest BCUT2D eigenvalue weighted by molar-refractivity contribution is -0.646. The molecule has 1 aromatic carbocycles. The Balaban J connectivity index is 0.851. The minimum absolute atomic E-state index is 0.0368. The molecule has 2 amide bonds. The summed E-state index contributed by atoms with van der Waals surface area (Å²) >= 11 is 0. The predicted molar refractivity (Wildman–Crippen MR) is 293 cm³/mol. The van der Waals surface area contributed by atoms with Crippen molar-refractivity contribution in [2.24, 2.45) is 13.0 Å². The molecule has 41 nitrogen and oxygen atoms in total. The van der Waals surface area contributed by atoms with Crippen molar-refractivity contribution in [2.45, 2.75) is 100 Å². The van der Waals surface area contributed by atoms with Crippen LogP contribution in [-0.2, 0) is 75.8 Å². The van der Waals surface area contributed by atoms with Crippen LogP contribution in [0.3, 0.4) is 0 Å². The molecule has 5 unspecified atom stereocenters. The maximum Gasteiger partial charge on any atom is 0.490 e. The summed E-state index contributed by atoms with van der Waals surface area (Å²) in [6.07, 6.45) is -18.8. The van der Waals surface area contributed by atoms with Crippen molar-refractivity contribution in [3.05, 3.63) is 81.9 Å². The van der Waals surface area contributed by atoms with Crippen molar-refractivity contribution < 1.29 is 118 Å². The zero-order valence-electron chi connectivity index (χ0n) is 46.5. The molecule has 7 aromatic rings. The number of nitrogens with zero attached hydrogens (tertiary/aromatic N) is 10. The number of amides is 2. The number of benzene rings is 1. The second-order valence-corrected chi connectivity index (χ2v) is 26.3. The van der Waals surface area contributed by atoms with E-state index in [1.807, 2.05) is 0 Å². The Hall–Kier alpha value is -6.59. The molecular weight excluding hydrogens is 1280 g/mol. The molecule has 3 aliphatic heterocycles. The number of aryl methyl sites for hydroxylation is 1. The molecule has 6 aromatic heterocycles. The van der Waals surface area contributed by atoms with Crippen LogP contribution in [0, 0.1) is 5.92 Å². The minimum Gasteiger partial charge on any atom is -0.387 e. The number of nitrogens with two attached hydrogens (primary N) is 1. The van der Waals surface area contributed by atoms with Gasteiger partial charge in [-0.1, -0.05) is 32.0 Å². The van der Waals surface area contributed by atoms with E-state index in [9.17, 15) is 77.4 Å². The fraction of sp³-hybridized carbons (Fsp3) is 0.477. The largest absolute Gasteiger partial charge is 0.490 e. The van der Waals surface area contributed by atoms with Gasteiger partial charge in [-0.3, -0.25) is 61.7 Å². The molecule has 0 aliphatic carbocycles. The van der Waals surface area contributed by atoms with E-state index in [1.54, 1.807) is 32.0 Å². The van der Waals surface area contributed by atoms with Gasteiger partial charge >= 0.3 is 36.9 Å². The van der Waals surface area contributed by atoms with Crippen LogP contribution in [0.1, 0.15) is 49.8 Å². The molecule has 17 atom stereocenters. The number of methoxy groups -OCH3 is 1. The van der Waals surface area contributed by atoms with Crippen LogP contribution < -0.4 is 32.1 Å². The van der Waals surface area contributed by atoms with E-state index < -0.39 is 153 Å². The van der Waals surface area contributed by atoms with Crippen molar-refractivity contribution in [3.63, 3.8) is 0 Å². The van der Waals surface area contributed by atoms with Gasteiger partial charge in [0, 0.05) is 18.6 Å². The molecule has 3 fully saturated rings. The smallest absolute Gasteiger partial charge is 0.387 e. The molecule has 14 N–H and O–H groups in total. The highest BCUT2D eigenvalue weighted by Gasteiger charge is 2.56. The zero-order valence-corrected chi connectivity index (χ0v) is 50.0. The van der Waals surface area contributed by atoms with Gasteiger partial charge in [0.05, 0.1) is 39.0 Å². The van der Waals surface area contributed by atoms with E-state index in [4.69, 9.17) is 42.8 Å². The molecule has 0 radical (unpaired) electrons. The van der Waals surface area contributed by atoms with Gasteiger partial charge in [-0.15, -0.1) is 0 Å². The third-order valence-corrected chi connectivity index (χ3v) is 19.2. The summed E-state index contributed by atoms with van der Waals surface area (Å²) in [5, 5.41) is 49.0. The standard InChI is InChI=1S/C44H55N15O26P4/c1-17(2)36(64)54-44-52-34-23(38(66)55-44)49-15-58(34)40-27(62)25(60)20(79-40)11-77-86(68,69)83-30-29(81-42(31(30)76-5)57-14-48-22-32(46-13-47-33(22)57)50-37(65)19-9-7-6-8-10-19)18(3)82-88(72,73)85-89(74,75)84-87(70,71)78-12-21-26(61)28(63)41(80-21)59-16-56(4)24-35(59)51-43(45)53-39(24)67/h6-10,13-18,20-21,25-31,40-42,60-63H,11-12H2,1-5H3,(H9-,45,46,47,50,51,52,53,54,55,64,65,66,67,68,69,70,71,72,73,74,75)/p+1/t18-,20-,21-,25-,26-,27-,28-,29?,30-,31-,40-,41-,42-/m1/s1. The highest BCUT2D eigenvalue weighted by Crippen LogP contribution is 2.68. The monoisotopic (exact) mass is 1330 g/mol. The third-order valence-electron chi connectivity index (χ3n) is 13.8. The summed E-state index contributed by atoms with van der Waals surface area (Å²) in [6.45, 7) is 1.90. The summed E-state index contributed by atoms with van der Waals surface area (Å²) < 4.78 is 111. The Kier molecular flexibility index (Phi) is 18.5. The lowest BCUT2D eigenvalue weighted by Gasteiger charge is -2.29. The summed E-state index contributed by atoms with van der Waals surface area (Å²) in [7, 11) is -21.4. The van der Waals surface area contributed by atoms with Crippen LogP contribution in [0.15, 0.2) is 65.2 Å². The van der Waals surface area contributed by atoms with Gasteiger partial charge < -0.3 is 70.0 Å². The molecule has 0 spiro atoms. The first-order chi connectivity index (χ1) is 41.8. The average molecular weight is 1330 g/mol. The van der Waals surface area contributed by atoms with Gasteiger partial charge in [0.25, 0.3) is 22.6 Å². The van der Waals surface area contributed by atoms with E-state index in [0.717, 1.165) is 42.1 Å². The van der Waals surface area contributed by atoms with Crippen LogP contribution in [0.25, 0.3) is 33.5 Å². The molecule has 0 saturated carbocycles. The SMILES string of the molecule is CO[C@@H]1[C@H](OP(=O)(O)OC[C@H]2O[C@@H](n3cnc4c(=O)[nH]c(NC(=O)C(C)C)nc43)[C@H](O)[C@@H]2O)C([C@@H](C)OP(=O)(O)OP(=O)(O)OP(=O)(O)OC[C@H]2O[C@@H](n3c[n+](C)c4c(=O)[nH]c(N)nc43)[C@H](O)[C@@H]2O)O[C@H]1n1cnc2c(NC(=O)c3ccccc3)ncnc21. The third kappa shape index (κ3) is 13.7. The first-order valence-electron chi connectivity index (χ1n) is 26.0. The van der Waals surface area contributed by atoms with Crippen molar-refractivity contribution >= 4 is 94.3 Å². The molecule has 10 rings (SSSR count). The summed E-state index contributed by atoms with van der Waals surface area (Å²) in [5.41, 5.74) is 3.66. The number of phosphoric acid groups is 4. The van der Waals surface area contributed by atoms with Crippen LogP contribution in [-0.4, -0.2) is 187 Å². The maximum absolute atomic E-state index is 14.1. The molecular formula is C44H56N15O26P4+. The number of aromatic amines is 2. The van der Waals surface area contributed by atoms with Gasteiger partial charge in [0.1, 0.15) is 61.3 Å². The number of ether oxygens (including phenoxy) is 4. The normalized spacial score (nSPS) is 27.8. The predicted octanol–water partition coefficient (Wildman–Crippen LogP) is -1.64. The first kappa shape index (κ1) is 65.4. The van der Waals surface area contributed by atoms with Crippen LogP contribution in [0.5, 0.6) is 0 Å². The molecule has 482 valence electrons. The molecule has 3 aliphatic rings. The number of nitrogens with one attached hydrogen (secondary N) is 4. The number of anilines is 3. The Bertz CT molecular complexity index is 4150. The number of hydrogen-bond donors (Lipinski definition) is 13. The van der Waals surface area contributed by atoms with E-state index in [2.05, 4.69) is 59.1 Å². The highest BCUT2D eigenvalue weighted by atomic mass is 31.3. The van der Waals surface area contributed by atoms with Gasteiger partial charge in [0.15, 0.2) is 40.6 Å². The maximum atomic E-state index is 14.1. The number of nitrogen functional groups attached to an aromatic ring is 1. The molecule has 0 bridgehead atoms. The number of aliphatic hydroxyl groups is 4. The second-order valence-electron chi connectivity index (χ2n) is 20.3. The van der Waals surface area contributed by atoms with E-state index >= 15 is 0 Å². The molecule has 89 heavy (non-hydrogen) atoms. The van der Waals surface area contributed by atoms with Crippen LogP contribution >= 0.6 is 31.3 Å². The van der Waals surface area contributed by atoms with Gasteiger partial charge in [-0.25, -0.2) is 42.8 Å². The lowest BCUT2D eigenvalue weighted by atomic mass is 10.1. The van der Waals surface area contributed by atoms with Crippen molar-refractivity contribution in [2.75, 3.05) is 36.7 Å². The number of H-pyrrole nitrogens is 2. The number of imidazole rings is 3. The fourth-order valence-electron chi connectivity index (χ4n) is 9.73. The minimum atomic E-state index is -6.30. The van der Waals surface area contributed by atoms with Crippen molar-refractivity contribution in [1.82, 2.24) is 53.6 Å². The number of aliphatic hydroxyl groups excluding tert-OH is 4. The number of aromatic nitrogens is 12. The van der Waals surface area contributed by atoms with Gasteiger partial charge in [0.2, 0.25) is 30.4 Å². The van der Waals surface area contributed by atoms with E-state index in [-0.39, 0.29) is 56.8 Å². The quantitative estimate of drug-likeness (QED) is 0.0252. The van der Waals surface area contributed by atoms with E-state index in [1.165, 1.54) is 34.6 Å². The number of phosphoric ester groups is 3. The average Bonchev–Trinajstić information content (AvgIpc) is 1.68. The van der Waals surface area contributed by atoms with Crippen molar-refractivity contribution in [1.29, 1.82) is 0 Å². The summed E-state index contributed by atoms with van der Waals surface area (Å²) in [4.78, 5) is 124. The zero-order chi connectivity index (χ0) is 64.4. The lowest BCUT2D eigenvalue weighted by Crippen LogP contribution is -2.41. The summed E-state index contributed by atoms with van der Waals surface area (Å²) in [6, 6.07) is 7.97. The number of carbonyl (C=O) groups is 2. The first-order valence-corrected chi connectivity index (χ1v) is 32.0. The van der Waals surface area contributed by atoms with Crippen LogP contribution in [0.2, 0.25) is 0 Å². The summed E-state index contributed by atoms with van der Waals surface area (Å²) in [5.74, 6) is -2.36. The van der Waals surface area contributed by atoms with Gasteiger partial charge in [-0.2, -0.15) is 23.2 Å². The molecule has 45 heteroatoms. The Labute approximate surface area is 496 Å². The molecule has 9 heterocycles.